The number of allylic oxidation sites excluding steroid dienone is 2. The Morgan fingerprint density at radius 2 is 1.69 bits per heavy atom. The van der Waals surface area contributed by atoms with Crippen LogP contribution in [-0.2, 0) is 9.53 Å². The first-order valence-electron chi connectivity index (χ1n) is 10.1. The summed E-state index contributed by atoms with van der Waals surface area (Å²) in [5, 5.41) is 0. The van der Waals surface area contributed by atoms with Crippen molar-refractivity contribution in [3.63, 3.8) is 0 Å². The lowest BCUT2D eigenvalue weighted by Gasteiger charge is -2.11. The molecule has 0 spiro atoms. The molecule has 1 rings (SSSR count). The lowest BCUT2D eigenvalue weighted by molar-refractivity contribution is -0.138. The number of ether oxygens (including phenoxy) is 1. The third-order valence-corrected chi connectivity index (χ3v) is 4.71. The predicted molar refractivity (Wildman–Crippen MR) is 111 cm³/mol. The molecule has 26 heavy (non-hydrogen) atoms. The van der Waals surface area contributed by atoms with Crippen LogP contribution in [0.25, 0.3) is 0 Å². The number of benzene rings is 1. The van der Waals surface area contributed by atoms with Gasteiger partial charge in [0.25, 0.3) is 0 Å². The van der Waals surface area contributed by atoms with Gasteiger partial charge in [0.05, 0.1) is 6.26 Å². The molecule has 1 aromatic carbocycles. The summed E-state index contributed by atoms with van der Waals surface area (Å²) >= 11 is 0. The molecule has 0 radical (unpaired) electrons. The second kappa shape index (κ2) is 13.4. The number of hydrogen-bond donors (Lipinski definition) is 0. The van der Waals surface area contributed by atoms with Gasteiger partial charge in [-0.05, 0) is 42.4 Å². The zero-order chi connectivity index (χ0) is 19.2. The highest BCUT2D eigenvalue weighted by atomic mass is 16.5. The van der Waals surface area contributed by atoms with Crippen LogP contribution >= 0.6 is 0 Å². The van der Waals surface area contributed by atoms with Crippen molar-refractivity contribution in [2.75, 3.05) is 0 Å². The second-order valence-corrected chi connectivity index (χ2v) is 7.38. The van der Waals surface area contributed by atoms with Crippen molar-refractivity contribution in [3.8, 4) is 0 Å². The molecule has 0 fully saturated rings. The molecule has 0 saturated carbocycles. The summed E-state index contributed by atoms with van der Waals surface area (Å²) in [6.07, 6.45) is 14.1. The zero-order valence-electron chi connectivity index (χ0n) is 16.9. The van der Waals surface area contributed by atoms with E-state index in [4.69, 9.17) is 4.74 Å². The zero-order valence-corrected chi connectivity index (χ0v) is 16.9. The van der Waals surface area contributed by atoms with Gasteiger partial charge < -0.3 is 4.74 Å². The van der Waals surface area contributed by atoms with Crippen LogP contribution in [0.1, 0.15) is 95.1 Å². The molecule has 0 aliphatic rings. The third-order valence-electron chi connectivity index (χ3n) is 4.71. The minimum Gasteiger partial charge on any atom is -0.435 e. The van der Waals surface area contributed by atoms with E-state index in [1.54, 1.807) is 6.26 Å². The van der Waals surface area contributed by atoms with Gasteiger partial charge in [-0.3, -0.25) is 4.79 Å². The van der Waals surface area contributed by atoms with Crippen molar-refractivity contribution in [2.24, 2.45) is 0 Å². The summed E-state index contributed by atoms with van der Waals surface area (Å²) < 4.78 is 5.24. The minimum atomic E-state index is -0.129. The molecule has 0 aromatic heterocycles. The van der Waals surface area contributed by atoms with Gasteiger partial charge in [-0.15, -0.1) is 6.58 Å². The largest absolute Gasteiger partial charge is 0.435 e. The first-order chi connectivity index (χ1) is 12.5. The van der Waals surface area contributed by atoms with Crippen LogP contribution in [0.3, 0.4) is 0 Å². The van der Waals surface area contributed by atoms with Crippen molar-refractivity contribution in [1.82, 2.24) is 0 Å². The summed E-state index contributed by atoms with van der Waals surface area (Å²) in [5.41, 5.74) is 2.59. The Labute approximate surface area is 160 Å². The highest BCUT2D eigenvalue weighted by Gasteiger charge is 2.06. The van der Waals surface area contributed by atoms with E-state index in [1.165, 1.54) is 36.8 Å². The van der Waals surface area contributed by atoms with E-state index >= 15 is 0 Å². The Kier molecular flexibility index (Phi) is 11.4. The molecule has 0 amide bonds. The van der Waals surface area contributed by atoms with E-state index in [-0.39, 0.29) is 11.9 Å². The highest BCUT2D eigenvalue weighted by molar-refractivity contribution is 5.69. The Balaban J connectivity index is 2.21. The molecule has 0 aliphatic heterocycles. The maximum absolute atomic E-state index is 11.8. The van der Waals surface area contributed by atoms with Crippen molar-refractivity contribution >= 4 is 5.97 Å². The molecule has 1 unspecified atom stereocenters. The first-order valence-corrected chi connectivity index (χ1v) is 10.1. The molecule has 2 heteroatoms. The second-order valence-electron chi connectivity index (χ2n) is 7.38. The number of carbonyl (C=O) groups is 1. The van der Waals surface area contributed by atoms with Gasteiger partial charge in [0.1, 0.15) is 0 Å². The van der Waals surface area contributed by atoms with Gasteiger partial charge in [-0.25, -0.2) is 0 Å². The van der Waals surface area contributed by atoms with E-state index in [0.29, 0.717) is 12.3 Å². The third kappa shape index (κ3) is 9.60. The molecule has 0 saturated heterocycles. The van der Waals surface area contributed by atoms with Crippen LogP contribution < -0.4 is 0 Å². The SMILES string of the molecule is C=CCCCCCCCCC(=O)O/C=C/C(C)c1cccc(C(C)C)c1. The van der Waals surface area contributed by atoms with Crippen molar-refractivity contribution in [2.45, 2.75) is 84.0 Å². The topological polar surface area (TPSA) is 26.3 Å². The molecule has 144 valence electrons. The average Bonchev–Trinajstić information content (AvgIpc) is 2.64. The maximum atomic E-state index is 11.8. The molecule has 0 heterocycles. The Morgan fingerprint density at radius 1 is 1.04 bits per heavy atom. The van der Waals surface area contributed by atoms with Crippen molar-refractivity contribution in [3.05, 3.63) is 60.4 Å². The monoisotopic (exact) mass is 356 g/mol. The first kappa shape index (κ1) is 22.2. The lowest BCUT2D eigenvalue weighted by Crippen LogP contribution is -2.00. The predicted octanol–water partition coefficient (Wildman–Crippen LogP) is 7.28. The van der Waals surface area contributed by atoms with E-state index in [2.05, 4.69) is 51.6 Å². The van der Waals surface area contributed by atoms with E-state index in [9.17, 15) is 4.79 Å². The summed E-state index contributed by atoms with van der Waals surface area (Å²) in [4.78, 5) is 11.8. The number of carbonyl (C=O) groups excluding carboxylic acids is 1. The molecular weight excluding hydrogens is 320 g/mol. The molecular formula is C24H36O2. The van der Waals surface area contributed by atoms with Gasteiger partial charge in [0, 0.05) is 12.3 Å². The van der Waals surface area contributed by atoms with Crippen LogP contribution in [0.5, 0.6) is 0 Å². The smallest absolute Gasteiger partial charge is 0.310 e. The van der Waals surface area contributed by atoms with Gasteiger partial charge in [-0.2, -0.15) is 0 Å². The summed E-state index contributed by atoms with van der Waals surface area (Å²) in [6.45, 7) is 10.2. The van der Waals surface area contributed by atoms with Gasteiger partial charge in [-0.1, -0.05) is 76.8 Å². The molecule has 0 bridgehead atoms. The molecule has 1 aromatic rings. The lowest BCUT2D eigenvalue weighted by atomic mass is 9.95. The fourth-order valence-electron chi connectivity index (χ4n) is 2.87. The van der Waals surface area contributed by atoms with Crippen LogP contribution in [-0.4, -0.2) is 5.97 Å². The van der Waals surface area contributed by atoms with Gasteiger partial charge in [0.15, 0.2) is 0 Å². The Hall–Kier alpha value is -1.83. The quantitative estimate of drug-likeness (QED) is 0.161. The minimum absolute atomic E-state index is 0.129. The summed E-state index contributed by atoms with van der Waals surface area (Å²) in [5.74, 6) is 0.624. The average molecular weight is 357 g/mol. The number of rotatable bonds is 13. The normalized spacial score (nSPS) is 12.5. The van der Waals surface area contributed by atoms with Crippen molar-refractivity contribution < 1.29 is 9.53 Å². The molecule has 1 atom stereocenters. The maximum Gasteiger partial charge on any atom is 0.310 e. The van der Waals surface area contributed by atoms with Crippen LogP contribution in [0.4, 0.5) is 0 Å². The van der Waals surface area contributed by atoms with E-state index < -0.39 is 0 Å². The summed E-state index contributed by atoms with van der Waals surface area (Å²) in [6, 6.07) is 8.61. The van der Waals surface area contributed by atoms with Crippen LogP contribution in [0.2, 0.25) is 0 Å². The highest BCUT2D eigenvalue weighted by Crippen LogP contribution is 2.22. The summed E-state index contributed by atoms with van der Waals surface area (Å²) in [7, 11) is 0. The number of hydrogen-bond acceptors (Lipinski definition) is 2. The van der Waals surface area contributed by atoms with Gasteiger partial charge in [0.2, 0.25) is 0 Å². The fraction of sp³-hybridized carbons (Fsp3) is 0.542. The molecule has 2 nitrogen and oxygen atoms in total. The van der Waals surface area contributed by atoms with Crippen molar-refractivity contribution in [1.29, 1.82) is 0 Å². The number of esters is 1. The molecule has 0 aliphatic carbocycles. The fourth-order valence-corrected chi connectivity index (χ4v) is 2.87. The van der Waals surface area contributed by atoms with E-state index in [1.807, 2.05) is 12.2 Å². The Morgan fingerprint density at radius 3 is 2.38 bits per heavy atom. The van der Waals surface area contributed by atoms with Crippen LogP contribution in [0, 0.1) is 0 Å². The van der Waals surface area contributed by atoms with Crippen LogP contribution in [0.15, 0.2) is 49.3 Å². The Bertz CT molecular complexity index is 557. The standard InChI is InChI=1S/C24H36O2/c1-5-6-7-8-9-10-11-12-16-24(25)26-18-17-21(4)23-15-13-14-22(19-23)20(2)3/h5,13-15,17-21H,1,6-12,16H2,2-4H3/b18-17+. The van der Waals surface area contributed by atoms with Gasteiger partial charge >= 0.3 is 5.97 Å². The van der Waals surface area contributed by atoms with E-state index in [0.717, 1.165) is 19.3 Å². The number of unbranched alkanes of at least 4 members (excludes halogenated alkanes) is 6. The molecule has 0 N–H and O–H groups in total.